The molecule has 0 atom stereocenters. The SMILES string of the molecule is CCNc1nc(N)c(C(=O)NCCc2ccc(O)cc2)s1. The number of nitrogens with one attached hydrogen (secondary N) is 2. The number of nitrogen functional groups attached to an aromatic ring is 1. The molecule has 2 aromatic rings. The minimum Gasteiger partial charge on any atom is -0.508 e. The highest BCUT2D eigenvalue weighted by atomic mass is 32.1. The van der Waals surface area contributed by atoms with Crippen molar-refractivity contribution in [3.63, 3.8) is 0 Å². The van der Waals surface area contributed by atoms with Gasteiger partial charge in [0.05, 0.1) is 0 Å². The molecule has 0 bridgehead atoms. The zero-order chi connectivity index (χ0) is 15.2. The maximum atomic E-state index is 12.0. The Morgan fingerprint density at radius 2 is 2.10 bits per heavy atom. The molecule has 1 amide bonds. The third kappa shape index (κ3) is 4.09. The minimum absolute atomic E-state index is 0.215. The molecule has 0 aliphatic rings. The quantitative estimate of drug-likeness (QED) is 0.652. The highest BCUT2D eigenvalue weighted by Crippen LogP contribution is 2.24. The van der Waals surface area contributed by atoms with Gasteiger partial charge < -0.3 is 21.5 Å². The summed E-state index contributed by atoms with van der Waals surface area (Å²) in [4.78, 5) is 16.6. The number of amides is 1. The summed E-state index contributed by atoms with van der Waals surface area (Å²) < 4.78 is 0. The number of aromatic nitrogens is 1. The van der Waals surface area contributed by atoms with E-state index in [-0.39, 0.29) is 17.5 Å². The number of thiazole rings is 1. The lowest BCUT2D eigenvalue weighted by Crippen LogP contribution is -2.25. The summed E-state index contributed by atoms with van der Waals surface area (Å²) in [5.74, 6) is 0.266. The maximum absolute atomic E-state index is 12.0. The van der Waals surface area contributed by atoms with Gasteiger partial charge in [-0.1, -0.05) is 23.5 Å². The van der Waals surface area contributed by atoms with E-state index in [9.17, 15) is 9.90 Å². The minimum atomic E-state index is -0.215. The molecule has 0 unspecified atom stereocenters. The van der Waals surface area contributed by atoms with Gasteiger partial charge in [-0.05, 0) is 31.0 Å². The van der Waals surface area contributed by atoms with Crippen molar-refractivity contribution >= 4 is 28.2 Å². The van der Waals surface area contributed by atoms with Gasteiger partial charge in [-0.25, -0.2) is 4.98 Å². The second-order valence-electron chi connectivity index (χ2n) is 4.44. The van der Waals surface area contributed by atoms with Gasteiger partial charge in [0, 0.05) is 13.1 Å². The summed E-state index contributed by atoms with van der Waals surface area (Å²) in [5.41, 5.74) is 6.78. The number of phenolic OH excluding ortho intramolecular Hbond substituents is 1. The molecule has 2 rings (SSSR count). The van der Waals surface area contributed by atoms with Crippen molar-refractivity contribution in [1.29, 1.82) is 0 Å². The standard InChI is InChI=1S/C14H18N4O2S/c1-2-16-14-18-12(15)11(21-14)13(20)17-8-7-9-3-5-10(19)6-4-9/h3-6,19H,2,7-8,15H2,1H3,(H,16,18)(H,17,20). The van der Waals surface area contributed by atoms with Crippen LogP contribution >= 0.6 is 11.3 Å². The van der Waals surface area contributed by atoms with Gasteiger partial charge >= 0.3 is 0 Å². The number of hydrogen-bond acceptors (Lipinski definition) is 6. The number of rotatable bonds is 6. The number of nitrogens with two attached hydrogens (primary N) is 1. The number of anilines is 2. The van der Waals surface area contributed by atoms with E-state index in [1.807, 2.05) is 19.1 Å². The van der Waals surface area contributed by atoms with Crippen LogP contribution in [0.3, 0.4) is 0 Å². The fraction of sp³-hybridized carbons (Fsp3) is 0.286. The van der Waals surface area contributed by atoms with E-state index in [2.05, 4.69) is 15.6 Å². The first-order valence-corrected chi connectivity index (χ1v) is 7.48. The van der Waals surface area contributed by atoms with E-state index in [0.29, 0.717) is 23.0 Å². The van der Waals surface area contributed by atoms with Gasteiger partial charge in [-0.3, -0.25) is 4.79 Å². The van der Waals surface area contributed by atoms with Crippen LogP contribution in [0.4, 0.5) is 10.9 Å². The summed E-state index contributed by atoms with van der Waals surface area (Å²) in [6, 6.07) is 6.90. The smallest absolute Gasteiger partial charge is 0.265 e. The number of hydrogen-bond donors (Lipinski definition) is 4. The molecule has 0 saturated heterocycles. The number of aromatic hydroxyl groups is 1. The van der Waals surface area contributed by atoms with Crippen molar-refractivity contribution < 1.29 is 9.90 Å². The molecule has 21 heavy (non-hydrogen) atoms. The van der Waals surface area contributed by atoms with Crippen LogP contribution in [0.15, 0.2) is 24.3 Å². The number of benzene rings is 1. The highest BCUT2D eigenvalue weighted by Gasteiger charge is 2.15. The van der Waals surface area contributed by atoms with Crippen LogP contribution in [0.25, 0.3) is 0 Å². The second-order valence-corrected chi connectivity index (χ2v) is 5.44. The van der Waals surface area contributed by atoms with Gasteiger partial charge in [0.1, 0.15) is 16.4 Å². The Bertz CT molecular complexity index is 610. The number of carbonyl (C=O) groups is 1. The molecule has 112 valence electrons. The van der Waals surface area contributed by atoms with Gasteiger partial charge in [0.25, 0.3) is 5.91 Å². The summed E-state index contributed by atoms with van der Waals surface area (Å²) >= 11 is 1.25. The Labute approximate surface area is 127 Å². The summed E-state index contributed by atoms with van der Waals surface area (Å²) in [5, 5.41) is 15.7. The van der Waals surface area contributed by atoms with Crippen molar-refractivity contribution in [3.8, 4) is 5.75 Å². The van der Waals surface area contributed by atoms with Gasteiger partial charge in [-0.2, -0.15) is 0 Å². The van der Waals surface area contributed by atoms with Gasteiger partial charge in [0.2, 0.25) is 0 Å². The fourth-order valence-corrected chi connectivity index (χ4v) is 2.65. The molecule has 1 aromatic heterocycles. The van der Waals surface area contributed by atoms with Crippen molar-refractivity contribution in [1.82, 2.24) is 10.3 Å². The van der Waals surface area contributed by atoms with Crippen LogP contribution in [0.5, 0.6) is 5.75 Å². The molecule has 0 aliphatic heterocycles. The molecule has 0 radical (unpaired) electrons. The lowest BCUT2D eigenvalue weighted by atomic mass is 10.1. The van der Waals surface area contributed by atoms with Crippen LogP contribution in [0, 0.1) is 0 Å². The summed E-state index contributed by atoms with van der Waals surface area (Å²) in [6.45, 7) is 3.18. The van der Waals surface area contributed by atoms with Crippen LogP contribution in [-0.2, 0) is 6.42 Å². The predicted octanol–water partition coefficient (Wildman–Crippen LogP) is 1.84. The first-order valence-electron chi connectivity index (χ1n) is 6.66. The first-order chi connectivity index (χ1) is 10.1. The Morgan fingerprint density at radius 1 is 1.38 bits per heavy atom. The zero-order valence-corrected chi connectivity index (χ0v) is 12.5. The van der Waals surface area contributed by atoms with Gasteiger partial charge in [0.15, 0.2) is 5.13 Å². The number of carbonyl (C=O) groups excluding carboxylic acids is 1. The van der Waals surface area contributed by atoms with E-state index < -0.39 is 0 Å². The van der Waals surface area contributed by atoms with Crippen molar-refractivity contribution in [3.05, 3.63) is 34.7 Å². The molecule has 0 aliphatic carbocycles. The Kier molecular flexibility index (Phi) is 4.99. The monoisotopic (exact) mass is 306 g/mol. The molecule has 0 spiro atoms. The third-order valence-electron chi connectivity index (χ3n) is 2.82. The second kappa shape index (κ2) is 6.94. The van der Waals surface area contributed by atoms with Crippen LogP contribution in [-0.4, -0.2) is 29.1 Å². The average molecular weight is 306 g/mol. The highest BCUT2D eigenvalue weighted by molar-refractivity contribution is 7.18. The van der Waals surface area contributed by atoms with Crippen LogP contribution in [0.1, 0.15) is 22.2 Å². The van der Waals surface area contributed by atoms with Crippen molar-refractivity contribution in [2.75, 3.05) is 24.1 Å². The first kappa shape index (κ1) is 15.1. The molecule has 0 saturated carbocycles. The Hall–Kier alpha value is -2.28. The van der Waals surface area contributed by atoms with Gasteiger partial charge in [-0.15, -0.1) is 0 Å². The van der Waals surface area contributed by atoms with Crippen LogP contribution < -0.4 is 16.4 Å². The molecule has 6 nitrogen and oxygen atoms in total. The summed E-state index contributed by atoms with van der Waals surface area (Å²) in [7, 11) is 0. The molecule has 5 N–H and O–H groups in total. The Morgan fingerprint density at radius 3 is 2.76 bits per heavy atom. The maximum Gasteiger partial charge on any atom is 0.265 e. The van der Waals surface area contributed by atoms with E-state index >= 15 is 0 Å². The average Bonchev–Trinajstić information content (AvgIpc) is 2.82. The largest absolute Gasteiger partial charge is 0.508 e. The van der Waals surface area contributed by atoms with Crippen LogP contribution in [0.2, 0.25) is 0 Å². The lowest BCUT2D eigenvalue weighted by Gasteiger charge is -2.04. The molecular formula is C14H18N4O2S. The molecular weight excluding hydrogens is 288 g/mol. The topological polar surface area (TPSA) is 100 Å². The Balaban J connectivity index is 1.88. The molecule has 1 aromatic carbocycles. The predicted molar refractivity (Wildman–Crippen MR) is 84.8 cm³/mol. The lowest BCUT2D eigenvalue weighted by molar-refractivity contribution is 0.0959. The van der Waals surface area contributed by atoms with E-state index in [4.69, 9.17) is 5.73 Å². The van der Waals surface area contributed by atoms with E-state index in [1.165, 1.54) is 11.3 Å². The third-order valence-corrected chi connectivity index (χ3v) is 3.85. The number of nitrogens with zero attached hydrogens (tertiary/aromatic N) is 1. The zero-order valence-electron chi connectivity index (χ0n) is 11.7. The molecule has 1 heterocycles. The van der Waals surface area contributed by atoms with Crippen molar-refractivity contribution in [2.45, 2.75) is 13.3 Å². The molecule has 7 heteroatoms. The molecule has 0 fully saturated rings. The normalized spacial score (nSPS) is 10.3. The fourth-order valence-electron chi connectivity index (χ4n) is 1.78. The van der Waals surface area contributed by atoms with E-state index in [0.717, 1.165) is 12.1 Å². The van der Waals surface area contributed by atoms with Crippen molar-refractivity contribution in [2.24, 2.45) is 0 Å². The summed E-state index contributed by atoms with van der Waals surface area (Å²) in [6.07, 6.45) is 0.685. The van der Waals surface area contributed by atoms with E-state index in [1.54, 1.807) is 12.1 Å². The number of phenols is 1.